The van der Waals surface area contributed by atoms with Gasteiger partial charge in [0.05, 0.1) is 13.1 Å². The number of nitrogens with one attached hydrogen (secondary N) is 2. The van der Waals surface area contributed by atoms with Crippen molar-refractivity contribution in [2.24, 2.45) is 0 Å². The predicted octanol–water partition coefficient (Wildman–Crippen LogP) is 2.06. The lowest BCUT2D eigenvalue weighted by Crippen LogP contribution is -2.35. The molecule has 26 heavy (non-hydrogen) atoms. The number of aryl methyl sites for hydroxylation is 1. The van der Waals surface area contributed by atoms with Crippen molar-refractivity contribution in [1.29, 1.82) is 0 Å². The van der Waals surface area contributed by atoms with Crippen LogP contribution < -0.4 is 10.6 Å². The molecule has 1 aliphatic rings. The van der Waals surface area contributed by atoms with Crippen molar-refractivity contribution < 1.29 is 9.59 Å². The maximum atomic E-state index is 12.3. The van der Waals surface area contributed by atoms with Crippen LogP contribution in [0.25, 0.3) is 0 Å². The monoisotopic (exact) mass is 373 g/mol. The molecule has 138 valence electrons. The third-order valence-electron chi connectivity index (χ3n) is 4.04. The van der Waals surface area contributed by atoms with Crippen LogP contribution in [0.2, 0.25) is 0 Å². The molecule has 7 nitrogen and oxygen atoms in total. The zero-order valence-corrected chi connectivity index (χ0v) is 15.8. The largest absolute Gasteiger partial charge is 0.352 e. The fourth-order valence-electron chi connectivity index (χ4n) is 2.45. The first-order chi connectivity index (χ1) is 12.5. The molecule has 2 aromatic rings. The van der Waals surface area contributed by atoms with Crippen molar-refractivity contribution in [1.82, 2.24) is 20.4 Å². The highest BCUT2D eigenvalue weighted by Crippen LogP contribution is 2.18. The summed E-state index contributed by atoms with van der Waals surface area (Å²) in [6, 6.07) is 8.10. The average molecular weight is 373 g/mol. The van der Waals surface area contributed by atoms with E-state index < -0.39 is 0 Å². The third kappa shape index (κ3) is 5.34. The van der Waals surface area contributed by atoms with Gasteiger partial charge in [-0.3, -0.25) is 14.5 Å². The van der Waals surface area contributed by atoms with E-state index in [1.54, 1.807) is 0 Å². The SMILES string of the molecule is CCc1ccc(NC(=O)c2nnc(CN(C)CC(=O)NC3CC3)s2)cc1. The number of benzene rings is 1. The molecule has 0 saturated heterocycles. The molecule has 1 fully saturated rings. The highest BCUT2D eigenvalue weighted by atomic mass is 32.1. The van der Waals surface area contributed by atoms with Crippen molar-refractivity contribution in [3.05, 3.63) is 39.8 Å². The molecule has 1 aliphatic carbocycles. The molecule has 1 heterocycles. The molecule has 1 aromatic carbocycles. The van der Waals surface area contributed by atoms with Gasteiger partial charge in [0.2, 0.25) is 10.9 Å². The van der Waals surface area contributed by atoms with Crippen LogP contribution in [0.1, 0.15) is 40.1 Å². The number of aromatic nitrogens is 2. The van der Waals surface area contributed by atoms with E-state index in [-0.39, 0.29) is 11.8 Å². The van der Waals surface area contributed by atoms with Gasteiger partial charge in [0.1, 0.15) is 5.01 Å². The van der Waals surface area contributed by atoms with Crippen molar-refractivity contribution >= 4 is 28.8 Å². The summed E-state index contributed by atoms with van der Waals surface area (Å²) in [5.41, 5.74) is 1.95. The Kier molecular flexibility index (Phi) is 5.95. The number of carbonyl (C=O) groups excluding carboxylic acids is 2. The Bertz CT molecular complexity index is 770. The van der Waals surface area contributed by atoms with Gasteiger partial charge in [-0.1, -0.05) is 30.4 Å². The van der Waals surface area contributed by atoms with E-state index in [0.717, 1.165) is 24.9 Å². The standard InChI is InChI=1S/C18H23N5O2S/c1-3-12-4-6-14(7-5-12)20-17(25)18-22-21-16(26-18)11-23(2)10-15(24)19-13-8-9-13/h4-7,13H,3,8-11H2,1-2H3,(H,19,24)(H,20,25). The molecular weight excluding hydrogens is 350 g/mol. The molecule has 1 saturated carbocycles. The van der Waals surface area contributed by atoms with Crippen LogP contribution >= 0.6 is 11.3 Å². The first-order valence-electron chi connectivity index (χ1n) is 8.74. The van der Waals surface area contributed by atoms with E-state index in [9.17, 15) is 9.59 Å². The van der Waals surface area contributed by atoms with Gasteiger partial charge >= 0.3 is 0 Å². The van der Waals surface area contributed by atoms with E-state index in [1.165, 1.54) is 16.9 Å². The van der Waals surface area contributed by atoms with E-state index in [1.807, 2.05) is 36.2 Å². The fourth-order valence-corrected chi connectivity index (χ4v) is 3.27. The van der Waals surface area contributed by atoms with E-state index in [0.29, 0.717) is 29.1 Å². The smallest absolute Gasteiger partial charge is 0.286 e. The van der Waals surface area contributed by atoms with Gasteiger partial charge in [0.25, 0.3) is 5.91 Å². The Hall–Kier alpha value is -2.32. The quantitative estimate of drug-likeness (QED) is 0.740. The second-order valence-electron chi connectivity index (χ2n) is 6.52. The summed E-state index contributed by atoms with van der Waals surface area (Å²) in [4.78, 5) is 26.0. The van der Waals surface area contributed by atoms with Crippen molar-refractivity contribution in [3.8, 4) is 0 Å². The zero-order valence-electron chi connectivity index (χ0n) is 15.0. The normalized spacial score (nSPS) is 13.7. The van der Waals surface area contributed by atoms with Gasteiger partial charge in [0.15, 0.2) is 0 Å². The number of anilines is 1. The number of amides is 2. The Morgan fingerprint density at radius 2 is 1.96 bits per heavy atom. The third-order valence-corrected chi connectivity index (χ3v) is 4.95. The lowest BCUT2D eigenvalue weighted by Gasteiger charge is -2.14. The summed E-state index contributed by atoms with van der Waals surface area (Å²) in [6.07, 6.45) is 3.11. The van der Waals surface area contributed by atoms with E-state index in [4.69, 9.17) is 0 Å². The number of rotatable bonds is 8. The molecule has 0 spiro atoms. The molecule has 0 aliphatic heterocycles. The molecule has 2 amide bonds. The van der Waals surface area contributed by atoms with Crippen molar-refractivity contribution in [2.75, 3.05) is 18.9 Å². The summed E-state index contributed by atoms with van der Waals surface area (Å²) >= 11 is 1.24. The molecule has 0 unspecified atom stereocenters. The first kappa shape index (κ1) is 18.5. The molecule has 8 heteroatoms. The van der Waals surface area contributed by atoms with Gasteiger partial charge in [0, 0.05) is 11.7 Å². The minimum Gasteiger partial charge on any atom is -0.352 e. The summed E-state index contributed by atoms with van der Waals surface area (Å²) in [6.45, 7) is 2.87. The molecule has 0 bridgehead atoms. The minimum atomic E-state index is -0.271. The Morgan fingerprint density at radius 1 is 1.23 bits per heavy atom. The van der Waals surface area contributed by atoms with E-state index in [2.05, 4.69) is 27.8 Å². The van der Waals surface area contributed by atoms with Crippen LogP contribution in [0.3, 0.4) is 0 Å². The Balaban J connectivity index is 1.50. The second-order valence-corrected chi connectivity index (χ2v) is 7.58. The maximum Gasteiger partial charge on any atom is 0.286 e. The maximum absolute atomic E-state index is 12.3. The minimum absolute atomic E-state index is 0.0213. The lowest BCUT2D eigenvalue weighted by atomic mass is 10.1. The van der Waals surface area contributed by atoms with Crippen LogP contribution in [-0.4, -0.2) is 46.5 Å². The van der Waals surface area contributed by atoms with Crippen LogP contribution in [0.4, 0.5) is 5.69 Å². The van der Waals surface area contributed by atoms with Crippen molar-refractivity contribution in [3.63, 3.8) is 0 Å². The number of nitrogens with zero attached hydrogens (tertiary/aromatic N) is 3. The molecular formula is C18H23N5O2S. The van der Waals surface area contributed by atoms with Gasteiger partial charge in [-0.25, -0.2) is 0 Å². The Labute approximate surface area is 156 Å². The van der Waals surface area contributed by atoms with Crippen LogP contribution in [0.5, 0.6) is 0 Å². The topological polar surface area (TPSA) is 87.2 Å². The summed E-state index contributed by atoms with van der Waals surface area (Å²) in [7, 11) is 1.85. The van der Waals surface area contributed by atoms with Crippen LogP contribution in [-0.2, 0) is 17.8 Å². The van der Waals surface area contributed by atoms with Crippen LogP contribution in [0.15, 0.2) is 24.3 Å². The number of likely N-dealkylation sites (N-methyl/N-ethyl adjacent to an activating group) is 1. The summed E-state index contributed by atoms with van der Waals surface area (Å²) < 4.78 is 0. The molecule has 3 rings (SSSR count). The zero-order chi connectivity index (χ0) is 18.5. The fraction of sp³-hybridized carbons (Fsp3) is 0.444. The number of hydrogen-bond acceptors (Lipinski definition) is 6. The number of carbonyl (C=O) groups is 2. The Morgan fingerprint density at radius 3 is 2.62 bits per heavy atom. The summed E-state index contributed by atoms with van der Waals surface area (Å²) in [5, 5.41) is 14.8. The average Bonchev–Trinajstić information content (AvgIpc) is 3.30. The van der Waals surface area contributed by atoms with Gasteiger partial charge in [-0.05, 0) is 44.0 Å². The van der Waals surface area contributed by atoms with Crippen molar-refractivity contribution in [2.45, 2.75) is 38.8 Å². The van der Waals surface area contributed by atoms with Gasteiger partial charge < -0.3 is 10.6 Å². The van der Waals surface area contributed by atoms with E-state index >= 15 is 0 Å². The first-order valence-corrected chi connectivity index (χ1v) is 9.55. The van der Waals surface area contributed by atoms with Gasteiger partial charge in [-0.15, -0.1) is 10.2 Å². The summed E-state index contributed by atoms with van der Waals surface area (Å²) in [5.74, 6) is -0.250. The lowest BCUT2D eigenvalue weighted by molar-refractivity contribution is -0.122. The highest BCUT2D eigenvalue weighted by Gasteiger charge is 2.23. The molecule has 0 atom stereocenters. The second kappa shape index (κ2) is 8.37. The van der Waals surface area contributed by atoms with Gasteiger partial charge in [-0.2, -0.15) is 0 Å². The molecule has 2 N–H and O–H groups in total. The molecule has 1 aromatic heterocycles. The number of hydrogen-bond donors (Lipinski definition) is 2. The highest BCUT2D eigenvalue weighted by molar-refractivity contribution is 7.13. The predicted molar refractivity (Wildman–Crippen MR) is 101 cm³/mol. The molecule has 0 radical (unpaired) electrons. The van der Waals surface area contributed by atoms with Crippen LogP contribution in [0, 0.1) is 0 Å².